The first-order valence-corrected chi connectivity index (χ1v) is 3.84. The van der Waals surface area contributed by atoms with Crippen molar-refractivity contribution in [2.45, 2.75) is 6.92 Å². The van der Waals surface area contributed by atoms with Gasteiger partial charge in [-0.15, -0.1) is 0 Å². The minimum absolute atomic E-state index is 0.0897. The predicted octanol–water partition coefficient (Wildman–Crippen LogP) is 2.13. The average Bonchev–Trinajstić information content (AvgIpc) is 2.18. The number of hydrogen-bond donors (Lipinski definition) is 0. The number of carbonyl (C=O) groups is 1. The van der Waals surface area contributed by atoms with E-state index in [2.05, 4.69) is 4.94 Å². The van der Waals surface area contributed by atoms with Crippen molar-refractivity contribution in [2.75, 3.05) is 6.61 Å². The molecular formula is C9H9FO3. The third kappa shape index (κ3) is 2.18. The maximum atomic E-state index is 11.6. The van der Waals surface area contributed by atoms with Crippen LogP contribution in [0.25, 0.3) is 0 Å². The highest BCUT2D eigenvalue weighted by molar-refractivity contribution is 5.92. The first-order chi connectivity index (χ1) is 6.29. The molecule has 0 saturated heterocycles. The van der Waals surface area contributed by atoms with E-state index in [4.69, 9.17) is 4.74 Å². The summed E-state index contributed by atoms with van der Waals surface area (Å²) in [6, 6.07) is 6.32. The van der Waals surface area contributed by atoms with E-state index in [0.717, 1.165) is 0 Å². The number of rotatable bonds is 3. The first kappa shape index (κ1) is 9.51. The zero-order valence-corrected chi connectivity index (χ0v) is 7.12. The number of hydrogen-bond acceptors (Lipinski definition) is 3. The quantitative estimate of drug-likeness (QED) is 0.721. The van der Waals surface area contributed by atoms with Crippen molar-refractivity contribution in [3.05, 3.63) is 29.8 Å². The maximum absolute atomic E-state index is 11.6. The van der Waals surface area contributed by atoms with Crippen LogP contribution < -0.4 is 4.74 Å². The smallest absolute Gasteiger partial charge is 0.383 e. The van der Waals surface area contributed by atoms with E-state index in [0.29, 0.717) is 12.4 Å². The van der Waals surface area contributed by atoms with E-state index in [1.54, 1.807) is 25.1 Å². The number of carbonyl (C=O) groups excluding carboxylic acids is 1. The van der Waals surface area contributed by atoms with Gasteiger partial charge in [-0.05, 0) is 19.1 Å². The van der Waals surface area contributed by atoms with Crippen molar-refractivity contribution in [3.63, 3.8) is 0 Å². The second kappa shape index (κ2) is 4.45. The van der Waals surface area contributed by atoms with E-state index < -0.39 is 5.97 Å². The summed E-state index contributed by atoms with van der Waals surface area (Å²) in [5.74, 6) is -0.711. The Kier molecular flexibility index (Phi) is 3.25. The molecule has 0 heterocycles. The van der Waals surface area contributed by atoms with Gasteiger partial charge in [-0.25, -0.2) is 9.74 Å². The molecule has 0 fully saturated rings. The molecule has 3 nitrogen and oxygen atoms in total. The number of benzene rings is 1. The highest BCUT2D eigenvalue weighted by atomic mass is 19.3. The van der Waals surface area contributed by atoms with Gasteiger partial charge in [0.2, 0.25) is 0 Å². The van der Waals surface area contributed by atoms with Crippen molar-refractivity contribution in [1.29, 1.82) is 0 Å². The van der Waals surface area contributed by atoms with Crippen LogP contribution in [0.15, 0.2) is 24.3 Å². The van der Waals surface area contributed by atoms with E-state index in [9.17, 15) is 9.32 Å². The zero-order valence-electron chi connectivity index (χ0n) is 7.12. The summed E-state index contributed by atoms with van der Waals surface area (Å²) in [5, 5.41) is 0. The second-order valence-electron chi connectivity index (χ2n) is 2.29. The Hall–Kier alpha value is -1.58. The van der Waals surface area contributed by atoms with Gasteiger partial charge in [-0.1, -0.05) is 12.1 Å². The lowest BCUT2D eigenvalue weighted by atomic mass is 10.2. The fourth-order valence-corrected chi connectivity index (χ4v) is 0.958. The van der Waals surface area contributed by atoms with Crippen LogP contribution in [-0.2, 0) is 4.94 Å². The van der Waals surface area contributed by atoms with Crippen molar-refractivity contribution < 1.29 is 19.0 Å². The lowest BCUT2D eigenvalue weighted by Gasteiger charge is -2.05. The van der Waals surface area contributed by atoms with Crippen LogP contribution in [-0.4, -0.2) is 12.6 Å². The molecule has 0 spiro atoms. The number of halogens is 1. The molecule has 0 amide bonds. The molecule has 4 heteroatoms. The molecule has 70 valence electrons. The number of para-hydroxylation sites is 1. The standard InChI is InChI=1S/C9H9FO3/c1-2-12-8-6-4-3-5-7(8)9(11)13-10/h3-6H,2H2,1H3. The number of ether oxygens (including phenoxy) is 1. The summed E-state index contributed by atoms with van der Waals surface area (Å²) in [5.41, 5.74) is 0.0897. The third-order valence-corrected chi connectivity index (χ3v) is 1.48. The SMILES string of the molecule is CCOc1ccccc1C(=O)OF. The van der Waals surface area contributed by atoms with Gasteiger partial charge in [0.15, 0.2) is 0 Å². The van der Waals surface area contributed by atoms with Crippen LogP contribution in [0, 0.1) is 0 Å². The lowest BCUT2D eigenvalue weighted by molar-refractivity contribution is -0.0790. The molecule has 0 N–H and O–H groups in total. The molecule has 0 radical (unpaired) electrons. The summed E-state index contributed by atoms with van der Waals surface area (Å²) >= 11 is 0. The van der Waals surface area contributed by atoms with Gasteiger partial charge in [-0.3, -0.25) is 0 Å². The summed E-state index contributed by atoms with van der Waals surface area (Å²) < 4.78 is 16.7. The van der Waals surface area contributed by atoms with Gasteiger partial charge in [0.25, 0.3) is 0 Å². The van der Waals surface area contributed by atoms with Gasteiger partial charge < -0.3 is 4.74 Å². The molecule has 0 aromatic heterocycles. The minimum Gasteiger partial charge on any atom is -0.493 e. The molecule has 0 aliphatic rings. The molecule has 1 rings (SSSR count). The molecule has 0 unspecified atom stereocenters. The molecule has 0 atom stereocenters. The lowest BCUT2D eigenvalue weighted by Crippen LogP contribution is -2.03. The van der Waals surface area contributed by atoms with Crippen LogP contribution in [0.2, 0.25) is 0 Å². The van der Waals surface area contributed by atoms with E-state index >= 15 is 0 Å². The Morgan fingerprint density at radius 2 is 2.15 bits per heavy atom. The van der Waals surface area contributed by atoms with Gasteiger partial charge in [0.05, 0.1) is 6.61 Å². The fraction of sp³-hybridized carbons (Fsp3) is 0.222. The van der Waals surface area contributed by atoms with E-state index in [1.165, 1.54) is 6.07 Å². The van der Waals surface area contributed by atoms with Gasteiger partial charge in [0, 0.05) is 4.53 Å². The maximum Gasteiger partial charge on any atom is 0.383 e. The fourth-order valence-electron chi connectivity index (χ4n) is 0.958. The predicted molar refractivity (Wildman–Crippen MR) is 44.1 cm³/mol. The monoisotopic (exact) mass is 184 g/mol. The van der Waals surface area contributed by atoms with Crippen molar-refractivity contribution in [1.82, 2.24) is 0 Å². The van der Waals surface area contributed by atoms with Crippen molar-refractivity contribution in [2.24, 2.45) is 0 Å². The molecule has 13 heavy (non-hydrogen) atoms. The van der Waals surface area contributed by atoms with Gasteiger partial charge in [0.1, 0.15) is 11.3 Å². The normalized spacial score (nSPS) is 9.38. The van der Waals surface area contributed by atoms with E-state index in [1.807, 2.05) is 0 Å². The Balaban J connectivity index is 2.97. The van der Waals surface area contributed by atoms with Crippen LogP contribution in [0.1, 0.15) is 17.3 Å². The molecule has 0 aliphatic heterocycles. The zero-order chi connectivity index (χ0) is 9.68. The third-order valence-electron chi connectivity index (χ3n) is 1.48. The molecule has 1 aromatic carbocycles. The van der Waals surface area contributed by atoms with Crippen molar-refractivity contribution in [3.8, 4) is 5.75 Å². The molecule has 1 aromatic rings. The van der Waals surface area contributed by atoms with E-state index in [-0.39, 0.29) is 5.56 Å². The Morgan fingerprint density at radius 3 is 2.77 bits per heavy atom. The Bertz CT molecular complexity index is 299. The topological polar surface area (TPSA) is 35.5 Å². The Morgan fingerprint density at radius 1 is 1.46 bits per heavy atom. The average molecular weight is 184 g/mol. The summed E-state index contributed by atoms with van der Waals surface area (Å²) in [6.45, 7) is 2.19. The van der Waals surface area contributed by atoms with Crippen molar-refractivity contribution >= 4 is 5.97 Å². The molecule has 0 aliphatic carbocycles. The Labute approximate surface area is 75.0 Å². The highest BCUT2D eigenvalue weighted by Crippen LogP contribution is 2.18. The molecule has 0 bridgehead atoms. The van der Waals surface area contributed by atoms with Gasteiger partial charge >= 0.3 is 5.97 Å². The second-order valence-corrected chi connectivity index (χ2v) is 2.29. The van der Waals surface area contributed by atoms with Crippen LogP contribution in [0.3, 0.4) is 0 Å². The molecular weight excluding hydrogens is 175 g/mol. The largest absolute Gasteiger partial charge is 0.493 e. The summed E-state index contributed by atoms with van der Waals surface area (Å²) in [6.07, 6.45) is 0. The summed E-state index contributed by atoms with van der Waals surface area (Å²) in [4.78, 5) is 13.9. The van der Waals surface area contributed by atoms with Crippen LogP contribution in [0.5, 0.6) is 5.75 Å². The first-order valence-electron chi connectivity index (χ1n) is 3.84. The highest BCUT2D eigenvalue weighted by Gasteiger charge is 2.13. The van der Waals surface area contributed by atoms with Gasteiger partial charge in [-0.2, -0.15) is 0 Å². The van der Waals surface area contributed by atoms with Crippen LogP contribution >= 0.6 is 0 Å². The van der Waals surface area contributed by atoms with Crippen LogP contribution in [0.4, 0.5) is 4.53 Å². The summed E-state index contributed by atoms with van der Waals surface area (Å²) in [7, 11) is 0. The minimum atomic E-state index is -1.04. The molecule has 0 saturated carbocycles.